The van der Waals surface area contributed by atoms with Crippen LogP contribution in [0, 0.1) is 19.7 Å². The van der Waals surface area contributed by atoms with E-state index in [0.717, 1.165) is 24.4 Å². The van der Waals surface area contributed by atoms with Crippen molar-refractivity contribution >= 4 is 17.5 Å². The van der Waals surface area contributed by atoms with Gasteiger partial charge in [0, 0.05) is 54.4 Å². The molecule has 1 amide bonds. The lowest BCUT2D eigenvalue weighted by Gasteiger charge is -2.25. The van der Waals surface area contributed by atoms with Crippen molar-refractivity contribution in [1.29, 1.82) is 0 Å². The van der Waals surface area contributed by atoms with E-state index in [-0.39, 0.29) is 23.8 Å². The molecule has 0 radical (unpaired) electrons. The maximum atomic E-state index is 14.1. The molecule has 0 aliphatic carbocycles. The van der Waals surface area contributed by atoms with Crippen LogP contribution in [-0.2, 0) is 17.9 Å². The van der Waals surface area contributed by atoms with Crippen LogP contribution in [0.3, 0.4) is 0 Å². The Morgan fingerprint density at radius 1 is 1.22 bits per heavy atom. The van der Waals surface area contributed by atoms with Gasteiger partial charge < -0.3 is 4.90 Å². The van der Waals surface area contributed by atoms with E-state index in [1.54, 1.807) is 12.1 Å². The number of carbonyl (C=O) groups is 1. The number of rotatable bonds is 5. The SMILES string of the molecule is Cc1cc(C)n(CCN2C(=O)C[C@H]3[C@@H]2CCN3Cc2cc(Cl)ccc2F)n1. The number of fused-ring (bicyclic) bond motifs is 1. The molecule has 2 aliphatic heterocycles. The van der Waals surface area contributed by atoms with Crippen molar-refractivity contribution in [1.82, 2.24) is 19.6 Å². The normalized spacial score (nSPS) is 22.7. The molecule has 2 aliphatic rings. The number of hydrogen-bond acceptors (Lipinski definition) is 3. The summed E-state index contributed by atoms with van der Waals surface area (Å²) in [7, 11) is 0. The largest absolute Gasteiger partial charge is 0.336 e. The molecule has 0 spiro atoms. The fourth-order valence-electron chi connectivity index (χ4n) is 4.48. The van der Waals surface area contributed by atoms with Crippen molar-refractivity contribution in [2.24, 2.45) is 0 Å². The van der Waals surface area contributed by atoms with Gasteiger partial charge in [0.15, 0.2) is 0 Å². The van der Waals surface area contributed by atoms with Gasteiger partial charge in [0.05, 0.1) is 12.2 Å². The fourth-order valence-corrected chi connectivity index (χ4v) is 4.68. The zero-order valence-electron chi connectivity index (χ0n) is 15.7. The van der Waals surface area contributed by atoms with Crippen LogP contribution in [0.15, 0.2) is 24.3 Å². The van der Waals surface area contributed by atoms with Gasteiger partial charge in [0.1, 0.15) is 5.82 Å². The Bertz CT molecular complexity index is 868. The van der Waals surface area contributed by atoms with Crippen molar-refractivity contribution in [3.8, 4) is 0 Å². The minimum Gasteiger partial charge on any atom is -0.336 e. The summed E-state index contributed by atoms with van der Waals surface area (Å²) < 4.78 is 16.1. The van der Waals surface area contributed by atoms with Gasteiger partial charge in [-0.1, -0.05) is 11.6 Å². The fraction of sp³-hybridized carbons (Fsp3) is 0.500. The van der Waals surface area contributed by atoms with Crippen molar-refractivity contribution in [2.45, 2.75) is 51.9 Å². The standard InChI is InChI=1S/C20H24ClFN4O/c1-13-9-14(2)26(23-13)8-7-25-18-5-6-24(19(18)11-20(25)27)12-15-10-16(21)3-4-17(15)22/h3-4,9-10,18-19H,5-8,11-12H2,1-2H3/t18-,19-/m0/s1. The summed E-state index contributed by atoms with van der Waals surface area (Å²) in [5.41, 5.74) is 2.70. The average Bonchev–Trinajstić information content (AvgIpc) is 3.24. The van der Waals surface area contributed by atoms with E-state index >= 15 is 0 Å². The molecule has 7 heteroatoms. The van der Waals surface area contributed by atoms with Crippen molar-refractivity contribution < 1.29 is 9.18 Å². The van der Waals surface area contributed by atoms with E-state index in [2.05, 4.69) is 10.00 Å². The number of benzene rings is 1. The number of aromatic nitrogens is 2. The van der Waals surface area contributed by atoms with Crippen LogP contribution in [0.5, 0.6) is 0 Å². The van der Waals surface area contributed by atoms with Gasteiger partial charge in [-0.15, -0.1) is 0 Å². The highest BCUT2D eigenvalue weighted by Gasteiger charge is 2.46. The quantitative estimate of drug-likeness (QED) is 0.787. The van der Waals surface area contributed by atoms with Gasteiger partial charge in [-0.3, -0.25) is 14.4 Å². The number of halogens is 2. The average molecular weight is 391 g/mol. The highest BCUT2D eigenvalue weighted by Crippen LogP contribution is 2.34. The van der Waals surface area contributed by atoms with Crippen molar-refractivity contribution in [2.75, 3.05) is 13.1 Å². The Labute approximate surface area is 163 Å². The minimum atomic E-state index is -0.242. The van der Waals surface area contributed by atoms with Crippen LogP contribution >= 0.6 is 11.6 Å². The second kappa shape index (κ2) is 7.24. The molecule has 3 heterocycles. The smallest absolute Gasteiger partial charge is 0.224 e. The van der Waals surface area contributed by atoms with E-state index in [1.165, 1.54) is 6.07 Å². The zero-order chi connectivity index (χ0) is 19.1. The molecule has 2 saturated heterocycles. The third kappa shape index (κ3) is 3.60. The number of nitrogens with zero attached hydrogens (tertiary/aromatic N) is 4. The molecule has 27 heavy (non-hydrogen) atoms. The van der Waals surface area contributed by atoms with Crippen molar-refractivity contribution in [3.63, 3.8) is 0 Å². The first kappa shape index (κ1) is 18.4. The molecule has 0 saturated carbocycles. The summed E-state index contributed by atoms with van der Waals surface area (Å²) in [5, 5.41) is 5.02. The van der Waals surface area contributed by atoms with Crippen LogP contribution in [0.25, 0.3) is 0 Å². The molecule has 2 aromatic rings. The molecule has 4 rings (SSSR count). The summed E-state index contributed by atoms with van der Waals surface area (Å²) >= 11 is 6.02. The molecule has 144 valence electrons. The van der Waals surface area contributed by atoms with Crippen molar-refractivity contribution in [3.05, 3.63) is 52.1 Å². The molecule has 2 fully saturated rings. The first-order chi connectivity index (χ1) is 12.9. The third-order valence-electron chi connectivity index (χ3n) is 5.77. The van der Waals surface area contributed by atoms with E-state index in [0.29, 0.717) is 36.6 Å². The number of likely N-dealkylation sites (tertiary alicyclic amines) is 2. The predicted octanol–water partition coefficient (Wildman–Crippen LogP) is 3.17. The molecule has 0 N–H and O–H groups in total. The highest BCUT2D eigenvalue weighted by molar-refractivity contribution is 6.30. The van der Waals surface area contributed by atoms with Crippen LogP contribution in [0.2, 0.25) is 5.02 Å². The Morgan fingerprint density at radius 2 is 2.04 bits per heavy atom. The highest BCUT2D eigenvalue weighted by atomic mass is 35.5. The molecule has 1 aromatic heterocycles. The molecule has 0 bridgehead atoms. The summed E-state index contributed by atoms with van der Waals surface area (Å²) in [6.45, 7) is 6.74. The molecule has 0 unspecified atom stereocenters. The van der Waals surface area contributed by atoms with E-state index in [4.69, 9.17) is 11.6 Å². The number of amides is 1. The Kier molecular flexibility index (Phi) is 4.95. The maximum Gasteiger partial charge on any atom is 0.224 e. The second-order valence-corrected chi connectivity index (χ2v) is 8.01. The van der Waals surface area contributed by atoms with Crippen LogP contribution in [0.4, 0.5) is 4.39 Å². The summed E-state index contributed by atoms with van der Waals surface area (Å²) in [6.07, 6.45) is 1.43. The molecule has 2 atom stereocenters. The first-order valence-electron chi connectivity index (χ1n) is 9.41. The summed E-state index contributed by atoms with van der Waals surface area (Å²) in [6, 6.07) is 7.05. The zero-order valence-corrected chi connectivity index (χ0v) is 16.4. The molecule has 5 nitrogen and oxygen atoms in total. The molecule has 1 aromatic carbocycles. The van der Waals surface area contributed by atoms with E-state index in [9.17, 15) is 9.18 Å². The lowest BCUT2D eigenvalue weighted by atomic mass is 10.1. The topological polar surface area (TPSA) is 41.4 Å². The maximum absolute atomic E-state index is 14.1. The van der Waals surface area contributed by atoms with Gasteiger partial charge in [-0.25, -0.2) is 4.39 Å². The van der Waals surface area contributed by atoms with Gasteiger partial charge in [-0.05, 0) is 44.5 Å². The number of aryl methyl sites for hydroxylation is 2. The van der Waals surface area contributed by atoms with E-state index < -0.39 is 0 Å². The predicted molar refractivity (Wildman–Crippen MR) is 102 cm³/mol. The Morgan fingerprint density at radius 3 is 2.78 bits per heavy atom. The van der Waals surface area contributed by atoms with Gasteiger partial charge >= 0.3 is 0 Å². The lowest BCUT2D eigenvalue weighted by molar-refractivity contribution is -0.129. The van der Waals surface area contributed by atoms with Crippen LogP contribution in [-0.4, -0.2) is 50.7 Å². The van der Waals surface area contributed by atoms with Gasteiger partial charge in [0.25, 0.3) is 0 Å². The van der Waals surface area contributed by atoms with E-state index in [1.807, 2.05) is 29.5 Å². The first-order valence-corrected chi connectivity index (χ1v) is 9.78. The summed E-state index contributed by atoms with van der Waals surface area (Å²) in [5.74, 6) is -0.0589. The minimum absolute atomic E-state index is 0.149. The van der Waals surface area contributed by atoms with Gasteiger partial charge in [-0.2, -0.15) is 5.10 Å². The number of carbonyl (C=O) groups excluding carboxylic acids is 1. The third-order valence-corrected chi connectivity index (χ3v) is 6.00. The lowest BCUT2D eigenvalue weighted by Crippen LogP contribution is -2.39. The van der Waals surface area contributed by atoms with Crippen LogP contribution in [0.1, 0.15) is 29.8 Å². The van der Waals surface area contributed by atoms with Gasteiger partial charge in [0.2, 0.25) is 5.91 Å². The monoisotopic (exact) mass is 390 g/mol. The van der Waals surface area contributed by atoms with Crippen LogP contribution < -0.4 is 0 Å². The second-order valence-electron chi connectivity index (χ2n) is 7.57. The summed E-state index contributed by atoms with van der Waals surface area (Å²) in [4.78, 5) is 16.8. The Balaban J connectivity index is 1.43. The molecular formula is C20H24ClFN4O. The molecular weight excluding hydrogens is 367 g/mol. The Hall–Kier alpha value is -1.92. The number of hydrogen-bond donors (Lipinski definition) is 0.